The molecule has 0 bridgehead atoms. The summed E-state index contributed by atoms with van der Waals surface area (Å²) in [5.41, 5.74) is 3.48. The van der Waals surface area contributed by atoms with Crippen LogP contribution in [0.5, 0.6) is 5.75 Å². The van der Waals surface area contributed by atoms with E-state index in [0.717, 1.165) is 24.3 Å². The van der Waals surface area contributed by atoms with Crippen LogP contribution in [0, 0.1) is 6.92 Å². The van der Waals surface area contributed by atoms with Crippen LogP contribution >= 0.6 is 0 Å². The molecule has 1 heterocycles. The summed E-state index contributed by atoms with van der Waals surface area (Å²) in [6.07, 6.45) is 0.498. The summed E-state index contributed by atoms with van der Waals surface area (Å²) in [6.45, 7) is 4.78. The Morgan fingerprint density at radius 3 is 2.57 bits per heavy atom. The molecule has 2 N–H and O–H groups in total. The van der Waals surface area contributed by atoms with Crippen LogP contribution in [-0.4, -0.2) is 48.8 Å². The van der Waals surface area contributed by atoms with Gasteiger partial charge in [0.2, 0.25) is 0 Å². The van der Waals surface area contributed by atoms with E-state index in [1.54, 1.807) is 0 Å². The van der Waals surface area contributed by atoms with Crippen molar-refractivity contribution in [2.24, 2.45) is 0 Å². The van der Waals surface area contributed by atoms with Gasteiger partial charge in [-0.2, -0.15) is 0 Å². The summed E-state index contributed by atoms with van der Waals surface area (Å²) >= 11 is 0. The number of hydrogen-bond donors (Lipinski definition) is 2. The van der Waals surface area contributed by atoms with Crippen LogP contribution in [0.15, 0.2) is 48.5 Å². The molecule has 3 rings (SSSR count). The number of anilines is 1. The maximum atomic E-state index is 10.4. The number of para-hydroxylation sites is 2. The number of aliphatic hydroxyl groups excluding tert-OH is 2. The van der Waals surface area contributed by atoms with Crippen molar-refractivity contribution in [3.63, 3.8) is 0 Å². The third-order valence-corrected chi connectivity index (χ3v) is 5.20. The molecule has 2 aromatic rings. The second-order valence-corrected chi connectivity index (χ2v) is 7.37. The van der Waals surface area contributed by atoms with Gasteiger partial charge in [-0.25, -0.2) is 0 Å². The van der Waals surface area contributed by atoms with Crippen LogP contribution in [0.4, 0.5) is 5.69 Å². The number of ether oxygens (including phenoxy) is 2. The first-order valence-electron chi connectivity index (χ1n) is 10.1. The molecule has 5 nitrogen and oxygen atoms in total. The van der Waals surface area contributed by atoms with E-state index in [2.05, 4.69) is 30.0 Å². The van der Waals surface area contributed by atoms with Crippen molar-refractivity contribution in [1.82, 2.24) is 0 Å². The van der Waals surface area contributed by atoms with E-state index in [1.807, 2.05) is 30.3 Å². The van der Waals surface area contributed by atoms with E-state index >= 15 is 0 Å². The molecule has 0 fully saturated rings. The molecule has 1 aliphatic heterocycles. The first kappa shape index (κ1) is 20.6. The van der Waals surface area contributed by atoms with E-state index in [-0.39, 0.29) is 6.61 Å². The molecule has 0 radical (unpaired) electrons. The normalized spacial score (nSPS) is 22.0. The van der Waals surface area contributed by atoms with Crippen LogP contribution < -0.4 is 9.64 Å². The smallest absolute Gasteiger partial charge is 0.142 e. The summed E-state index contributed by atoms with van der Waals surface area (Å²) < 4.78 is 11.6. The van der Waals surface area contributed by atoms with Gasteiger partial charge in [-0.05, 0) is 49.4 Å². The number of aryl methyl sites for hydroxylation is 1. The highest BCUT2D eigenvalue weighted by molar-refractivity contribution is 5.59. The molecule has 0 aromatic heterocycles. The van der Waals surface area contributed by atoms with Gasteiger partial charge in [0, 0.05) is 19.7 Å². The lowest BCUT2D eigenvalue weighted by Gasteiger charge is -2.29. The average molecular weight is 386 g/mol. The standard InChI is InChI=1S/C23H31NO4/c1-18-8-2-3-9-19(18)16-24-13-12-21(25)22(26)17-27-14-6-7-15-28-23-11-5-4-10-20(23)24/h2-5,8-11,21-22,25-26H,6-7,12-17H2,1H3/t21-,22+/m0/s1. The van der Waals surface area contributed by atoms with E-state index in [1.165, 1.54) is 11.1 Å². The molecule has 152 valence electrons. The van der Waals surface area contributed by atoms with Gasteiger partial charge >= 0.3 is 0 Å². The molecule has 5 heteroatoms. The zero-order chi connectivity index (χ0) is 19.8. The Balaban J connectivity index is 1.86. The zero-order valence-corrected chi connectivity index (χ0v) is 16.6. The molecule has 1 aliphatic rings. The van der Waals surface area contributed by atoms with Crippen LogP contribution in [-0.2, 0) is 11.3 Å². The van der Waals surface area contributed by atoms with E-state index < -0.39 is 12.2 Å². The fourth-order valence-electron chi connectivity index (χ4n) is 3.40. The molecule has 0 aliphatic carbocycles. The highest BCUT2D eigenvalue weighted by Crippen LogP contribution is 2.30. The lowest BCUT2D eigenvalue weighted by atomic mass is 10.1. The number of fused-ring (bicyclic) bond motifs is 1. The molecule has 0 unspecified atom stereocenters. The molecular weight excluding hydrogens is 354 g/mol. The zero-order valence-electron chi connectivity index (χ0n) is 16.6. The van der Waals surface area contributed by atoms with Gasteiger partial charge in [-0.3, -0.25) is 0 Å². The average Bonchev–Trinajstić information content (AvgIpc) is 2.71. The fourth-order valence-corrected chi connectivity index (χ4v) is 3.40. The Morgan fingerprint density at radius 2 is 1.71 bits per heavy atom. The predicted molar refractivity (Wildman–Crippen MR) is 111 cm³/mol. The van der Waals surface area contributed by atoms with E-state index in [9.17, 15) is 10.2 Å². The van der Waals surface area contributed by atoms with E-state index in [0.29, 0.717) is 32.7 Å². The topological polar surface area (TPSA) is 62.2 Å². The number of benzene rings is 2. The summed E-state index contributed by atoms with van der Waals surface area (Å²) in [6, 6.07) is 16.4. The first-order chi connectivity index (χ1) is 13.6. The molecule has 2 aromatic carbocycles. The lowest BCUT2D eigenvalue weighted by Crippen LogP contribution is -2.35. The SMILES string of the molecule is Cc1ccccc1CN1CC[C@H](O)[C@H](O)COCCCCOc2ccccc21. The van der Waals surface area contributed by atoms with Gasteiger partial charge in [0.05, 0.1) is 25.0 Å². The number of nitrogens with zero attached hydrogens (tertiary/aromatic N) is 1. The third kappa shape index (κ3) is 5.71. The van der Waals surface area contributed by atoms with Crippen LogP contribution in [0.3, 0.4) is 0 Å². The molecule has 0 saturated carbocycles. The Morgan fingerprint density at radius 1 is 0.964 bits per heavy atom. The van der Waals surface area contributed by atoms with Crippen LogP contribution in [0.1, 0.15) is 30.4 Å². The monoisotopic (exact) mass is 385 g/mol. The molecule has 0 saturated heterocycles. The van der Waals surface area contributed by atoms with Crippen LogP contribution in [0.25, 0.3) is 0 Å². The van der Waals surface area contributed by atoms with E-state index in [4.69, 9.17) is 9.47 Å². The van der Waals surface area contributed by atoms with Crippen molar-refractivity contribution in [2.45, 2.75) is 44.9 Å². The molecule has 0 amide bonds. The maximum Gasteiger partial charge on any atom is 0.142 e. The second-order valence-electron chi connectivity index (χ2n) is 7.37. The second kappa shape index (κ2) is 10.5. The minimum atomic E-state index is -0.866. The molecule has 2 atom stereocenters. The summed E-state index contributed by atoms with van der Waals surface area (Å²) in [5.74, 6) is 0.851. The maximum absolute atomic E-state index is 10.4. The third-order valence-electron chi connectivity index (χ3n) is 5.20. The van der Waals surface area contributed by atoms with Crippen LogP contribution in [0.2, 0.25) is 0 Å². The van der Waals surface area contributed by atoms with Crippen molar-refractivity contribution in [3.8, 4) is 5.75 Å². The van der Waals surface area contributed by atoms with Crippen molar-refractivity contribution < 1.29 is 19.7 Å². The highest BCUT2D eigenvalue weighted by atomic mass is 16.5. The van der Waals surface area contributed by atoms with Gasteiger partial charge < -0.3 is 24.6 Å². The van der Waals surface area contributed by atoms with Gasteiger partial charge in [-0.15, -0.1) is 0 Å². The fraction of sp³-hybridized carbons (Fsp3) is 0.478. The predicted octanol–water partition coefficient (Wildman–Crippen LogP) is 3.30. The molecule has 28 heavy (non-hydrogen) atoms. The Hall–Kier alpha value is -2.08. The summed E-state index contributed by atoms with van der Waals surface area (Å²) in [5, 5.41) is 20.6. The van der Waals surface area contributed by atoms with Crippen molar-refractivity contribution in [2.75, 3.05) is 31.3 Å². The Labute approximate surface area is 167 Å². The minimum Gasteiger partial charge on any atom is -0.491 e. The van der Waals surface area contributed by atoms with Gasteiger partial charge in [0.1, 0.15) is 11.9 Å². The Bertz CT molecular complexity index is 736. The van der Waals surface area contributed by atoms with Crippen molar-refractivity contribution in [3.05, 3.63) is 59.7 Å². The molecule has 0 spiro atoms. The minimum absolute atomic E-state index is 0.163. The molecular formula is C23H31NO4. The summed E-state index contributed by atoms with van der Waals surface area (Å²) in [7, 11) is 0. The quantitative estimate of drug-likeness (QED) is 0.831. The lowest BCUT2D eigenvalue weighted by molar-refractivity contribution is -0.0405. The number of hydrogen-bond acceptors (Lipinski definition) is 5. The van der Waals surface area contributed by atoms with Crippen molar-refractivity contribution in [1.29, 1.82) is 0 Å². The van der Waals surface area contributed by atoms with Crippen molar-refractivity contribution >= 4 is 5.69 Å². The van der Waals surface area contributed by atoms with Gasteiger partial charge in [0.15, 0.2) is 0 Å². The first-order valence-corrected chi connectivity index (χ1v) is 10.1. The number of aliphatic hydroxyl groups is 2. The van der Waals surface area contributed by atoms with Gasteiger partial charge in [0.25, 0.3) is 0 Å². The largest absolute Gasteiger partial charge is 0.491 e. The Kier molecular flexibility index (Phi) is 7.71. The summed E-state index contributed by atoms with van der Waals surface area (Å²) in [4.78, 5) is 2.22. The van der Waals surface area contributed by atoms with Gasteiger partial charge in [-0.1, -0.05) is 36.4 Å². The number of rotatable bonds is 2. The highest BCUT2D eigenvalue weighted by Gasteiger charge is 2.20.